The maximum absolute atomic E-state index is 13.3. The first kappa shape index (κ1) is 23.7. The smallest absolute Gasteiger partial charge is 0.328 e. The van der Waals surface area contributed by atoms with Gasteiger partial charge in [-0.1, -0.05) is 42.5 Å². The minimum atomic E-state index is -0.834. The highest BCUT2D eigenvalue weighted by Crippen LogP contribution is 2.28. The van der Waals surface area contributed by atoms with Crippen molar-refractivity contribution >= 4 is 22.8 Å². The number of esters is 1. The molecule has 2 aromatic carbocycles. The van der Waals surface area contributed by atoms with Crippen LogP contribution in [-0.4, -0.2) is 79.7 Å². The van der Waals surface area contributed by atoms with Crippen LogP contribution in [0.25, 0.3) is 10.9 Å². The lowest BCUT2D eigenvalue weighted by Gasteiger charge is -2.26. The van der Waals surface area contributed by atoms with Crippen molar-refractivity contribution in [1.29, 1.82) is 0 Å². The highest BCUT2D eigenvalue weighted by atomic mass is 16.5. The average molecular weight is 467 g/mol. The number of rotatable bonds is 9. The lowest BCUT2D eigenvalue weighted by Crippen LogP contribution is -2.43. The fraction of sp³-hybridized carbons (Fsp3) is 0.400. The molecule has 180 valence electrons. The Morgan fingerprint density at radius 2 is 1.82 bits per heavy atom. The fourth-order valence-corrected chi connectivity index (χ4v) is 4.17. The summed E-state index contributed by atoms with van der Waals surface area (Å²) in [4.78, 5) is 28.1. The summed E-state index contributed by atoms with van der Waals surface area (Å²) in [6, 6.07) is 14.2. The van der Waals surface area contributed by atoms with E-state index < -0.39 is 17.9 Å². The molecule has 0 spiro atoms. The van der Waals surface area contributed by atoms with Crippen molar-refractivity contribution in [2.45, 2.75) is 19.0 Å². The summed E-state index contributed by atoms with van der Waals surface area (Å²) in [6.07, 6.45) is 0.318. The summed E-state index contributed by atoms with van der Waals surface area (Å²) in [7, 11) is 2.91. The molecule has 0 bridgehead atoms. The van der Waals surface area contributed by atoms with Crippen LogP contribution in [0.5, 0.6) is 5.75 Å². The Hall–Kier alpha value is -3.43. The average Bonchev–Trinajstić information content (AvgIpc) is 3.27. The number of amides is 1. The van der Waals surface area contributed by atoms with E-state index in [9.17, 15) is 9.59 Å². The van der Waals surface area contributed by atoms with Crippen molar-refractivity contribution in [1.82, 2.24) is 20.0 Å². The zero-order valence-electron chi connectivity index (χ0n) is 19.5. The molecule has 1 aliphatic rings. The van der Waals surface area contributed by atoms with Gasteiger partial charge in [-0.15, -0.1) is 0 Å². The standard InChI is InChI=1S/C25H30N4O5/c1-32-21-10-6-9-19-22(27-29(23(19)21)12-11-28-13-15-34-16-14-28)24(30)26-20(25(31)33-2)17-18-7-4-3-5-8-18/h3-10,20H,11-17H2,1-2H3,(H,26,30). The number of fused-ring (bicyclic) bond motifs is 1. The van der Waals surface area contributed by atoms with Gasteiger partial charge in [-0.25, -0.2) is 4.79 Å². The van der Waals surface area contributed by atoms with Gasteiger partial charge in [0.25, 0.3) is 5.91 Å². The Morgan fingerprint density at radius 3 is 2.53 bits per heavy atom. The van der Waals surface area contributed by atoms with Crippen LogP contribution in [0, 0.1) is 0 Å². The quantitative estimate of drug-likeness (QED) is 0.481. The maximum atomic E-state index is 13.3. The molecule has 1 amide bonds. The van der Waals surface area contributed by atoms with Crippen LogP contribution in [0.1, 0.15) is 16.1 Å². The molecule has 0 aliphatic carbocycles. The molecule has 4 rings (SSSR count). The van der Waals surface area contributed by atoms with Crippen molar-refractivity contribution in [2.24, 2.45) is 0 Å². The van der Waals surface area contributed by atoms with E-state index >= 15 is 0 Å². The van der Waals surface area contributed by atoms with Gasteiger partial charge < -0.3 is 19.5 Å². The number of morpholine rings is 1. The number of carbonyl (C=O) groups is 2. The molecule has 1 fully saturated rings. The first-order valence-corrected chi connectivity index (χ1v) is 11.4. The summed E-state index contributed by atoms with van der Waals surface area (Å²) in [5.74, 6) is -0.305. The van der Waals surface area contributed by atoms with Crippen LogP contribution >= 0.6 is 0 Å². The summed E-state index contributed by atoms with van der Waals surface area (Å²) in [5, 5.41) is 8.13. The molecule has 0 saturated carbocycles. The summed E-state index contributed by atoms with van der Waals surface area (Å²) in [6.45, 7) is 4.53. The summed E-state index contributed by atoms with van der Waals surface area (Å²) >= 11 is 0. The molecule has 1 N–H and O–H groups in total. The number of para-hydroxylation sites is 1. The van der Waals surface area contributed by atoms with Crippen molar-refractivity contribution < 1.29 is 23.8 Å². The Balaban J connectivity index is 1.60. The van der Waals surface area contributed by atoms with Crippen LogP contribution in [0.2, 0.25) is 0 Å². The van der Waals surface area contributed by atoms with Crippen LogP contribution < -0.4 is 10.1 Å². The molecule has 1 saturated heterocycles. The number of nitrogens with zero attached hydrogens (tertiary/aromatic N) is 3. The Labute approximate surface area is 198 Å². The zero-order chi connectivity index (χ0) is 23.9. The number of carbonyl (C=O) groups excluding carboxylic acids is 2. The van der Waals surface area contributed by atoms with Crippen molar-refractivity contribution in [3.05, 3.63) is 59.8 Å². The number of aromatic nitrogens is 2. The molecule has 1 unspecified atom stereocenters. The van der Waals surface area contributed by atoms with Gasteiger partial charge >= 0.3 is 5.97 Å². The molecule has 2 heterocycles. The van der Waals surface area contributed by atoms with Crippen LogP contribution in [0.15, 0.2) is 48.5 Å². The van der Waals surface area contributed by atoms with E-state index in [1.807, 2.05) is 53.2 Å². The SMILES string of the molecule is COC(=O)C(Cc1ccccc1)NC(=O)c1nn(CCN2CCOCC2)c2c(OC)cccc12. The fourth-order valence-electron chi connectivity index (χ4n) is 4.17. The van der Waals surface area contributed by atoms with E-state index in [0.717, 1.165) is 30.7 Å². The third kappa shape index (κ3) is 5.37. The van der Waals surface area contributed by atoms with E-state index in [0.29, 0.717) is 37.3 Å². The molecule has 3 aromatic rings. The molecular weight excluding hydrogens is 436 g/mol. The zero-order valence-corrected chi connectivity index (χ0v) is 19.5. The van der Waals surface area contributed by atoms with Crippen molar-refractivity contribution in [3.8, 4) is 5.75 Å². The predicted octanol–water partition coefficient (Wildman–Crippen LogP) is 1.89. The molecule has 9 heteroatoms. The molecule has 0 radical (unpaired) electrons. The first-order chi connectivity index (χ1) is 16.6. The van der Waals surface area contributed by atoms with Crippen molar-refractivity contribution in [2.75, 3.05) is 47.1 Å². The van der Waals surface area contributed by atoms with Gasteiger partial charge in [-0.3, -0.25) is 14.4 Å². The third-order valence-corrected chi connectivity index (χ3v) is 5.97. The Kier molecular flexibility index (Phi) is 7.76. The number of hydrogen-bond donors (Lipinski definition) is 1. The lowest BCUT2D eigenvalue weighted by molar-refractivity contribution is -0.142. The number of ether oxygens (including phenoxy) is 3. The van der Waals surface area contributed by atoms with E-state index in [4.69, 9.17) is 14.2 Å². The van der Waals surface area contributed by atoms with E-state index in [2.05, 4.69) is 15.3 Å². The van der Waals surface area contributed by atoms with E-state index in [-0.39, 0.29) is 5.69 Å². The Morgan fingerprint density at radius 1 is 1.06 bits per heavy atom. The molecule has 1 atom stereocenters. The highest BCUT2D eigenvalue weighted by Gasteiger charge is 2.26. The largest absolute Gasteiger partial charge is 0.494 e. The third-order valence-electron chi connectivity index (χ3n) is 5.97. The normalized spacial score (nSPS) is 15.1. The van der Waals surface area contributed by atoms with Crippen LogP contribution in [0.3, 0.4) is 0 Å². The second-order valence-electron chi connectivity index (χ2n) is 8.12. The molecule has 1 aromatic heterocycles. The maximum Gasteiger partial charge on any atom is 0.328 e. The van der Waals surface area contributed by atoms with Gasteiger partial charge in [0, 0.05) is 31.4 Å². The van der Waals surface area contributed by atoms with Gasteiger partial charge in [0.05, 0.1) is 34.0 Å². The topological polar surface area (TPSA) is 94.9 Å². The van der Waals surface area contributed by atoms with Gasteiger partial charge in [-0.2, -0.15) is 5.10 Å². The second-order valence-corrected chi connectivity index (χ2v) is 8.12. The molecular formula is C25H30N4O5. The number of methoxy groups -OCH3 is 2. The van der Waals surface area contributed by atoms with E-state index in [1.165, 1.54) is 7.11 Å². The highest BCUT2D eigenvalue weighted by molar-refractivity contribution is 6.07. The van der Waals surface area contributed by atoms with Gasteiger partial charge in [0.1, 0.15) is 17.3 Å². The summed E-state index contributed by atoms with van der Waals surface area (Å²) in [5.41, 5.74) is 1.92. The lowest BCUT2D eigenvalue weighted by atomic mass is 10.1. The summed E-state index contributed by atoms with van der Waals surface area (Å²) < 4.78 is 17.7. The van der Waals surface area contributed by atoms with E-state index in [1.54, 1.807) is 7.11 Å². The monoisotopic (exact) mass is 466 g/mol. The number of nitrogens with one attached hydrogen (secondary N) is 1. The van der Waals surface area contributed by atoms with Gasteiger partial charge in [0.15, 0.2) is 5.69 Å². The minimum absolute atomic E-state index is 0.248. The first-order valence-electron chi connectivity index (χ1n) is 11.4. The second kappa shape index (κ2) is 11.1. The number of benzene rings is 2. The molecule has 9 nitrogen and oxygen atoms in total. The van der Waals surface area contributed by atoms with Crippen LogP contribution in [-0.2, 0) is 27.2 Å². The molecule has 34 heavy (non-hydrogen) atoms. The van der Waals surface area contributed by atoms with Crippen molar-refractivity contribution in [3.63, 3.8) is 0 Å². The predicted molar refractivity (Wildman–Crippen MR) is 127 cm³/mol. The Bertz CT molecular complexity index is 1130. The van der Waals surface area contributed by atoms with Crippen LogP contribution in [0.4, 0.5) is 0 Å². The molecule has 1 aliphatic heterocycles. The minimum Gasteiger partial charge on any atom is -0.494 e. The van der Waals surface area contributed by atoms with Gasteiger partial charge in [-0.05, 0) is 11.6 Å². The number of hydrogen-bond acceptors (Lipinski definition) is 7. The van der Waals surface area contributed by atoms with Gasteiger partial charge in [0.2, 0.25) is 0 Å².